The summed E-state index contributed by atoms with van der Waals surface area (Å²) in [5, 5.41) is 0.245. The first kappa shape index (κ1) is 21.1. The van der Waals surface area contributed by atoms with Gasteiger partial charge in [0, 0.05) is 34.1 Å². The summed E-state index contributed by atoms with van der Waals surface area (Å²) in [6.45, 7) is 3.67. The lowest BCUT2D eigenvalue weighted by Crippen LogP contribution is -2.44. The molecule has 1 fully saturated rings. The first-order chi connectivity index (χ1) is 14.3. The summed E-state index contributed by atoms with van der Waals surface area (Å²) in [6, 6.07) is 11.5. The van der Waals surface area contributed by atoms with Crippen LogP contribution >= 0.6 is 11.3 Å². The second kappa shape index (κ2) is 8.55. The molecule has 0 amide bonds. The Morgan fingerprint density at radius 1 is 1.13 bits per heavy atom. The Hall–Kier alpha value is -2.12. The number of fused-ring (bicyclic) bond motifs is 1. The fraction of sp³-hybridized carbons (Fsp3) is 0.391. The van der Waals surface area contributed by atoms with Crippen molar-refractivity contribution in [2.75, 3.05) is 13.2 Å². The minimum Gasteiger partial charge on any atom is -0.494 e. The van der Waals surface area contributed by atoms with Crippen LogP contribution in [0, 0.1) is 5.82 Å². The fourth-order valence-electron chi connectivity index (χ4n) is 3.75. The number of hydrogen-bond donors (Lipinski definition) is 0. The molecule has 2 nitrogen and oxygen atoms in total. The number of nitrogens with zero attached hydrogens (tertiary/aromatic N) is 1. The highest BCUT2D eigenvalue weighted by Crippen LogP contribution is 2.44. The maximum absolute atomic E-state index is 13.7. The van der Waals surface area contributed by atoms with Crippen LogP contribution in [0.4, 0.5) is 17.6 Å². The normalized spacial score (nSPS) is 17.3. The summed E-state index contributed by atoms with van der Waals surface area (Å²) in [4.78, 5) is 2.45. The van der Waals surface area contributed by atoms with Gasteiger partial charge >= 0.3 is 6.18 Å². The number of benzene rings is 2. The minimum atomic E-state index is -4.38. The Kier molecular flexibility index (Phi) is 6.02. The predicted molar refractivity (Wildman–Crippen MR) is 112 cm³/mol. The second-order valence-corrected chi connectivity index (χ2v) is 8.88. The van der Waals surface area contributed by atoms with Crippen molar-refractivity contribution in [3.05, 3.63) is 64.3 Å². The Morgan fingerprint density at radius 3 is 2.53 bits per heavy atom. The van der Waals surface area contributed by atoms with Crippen molar-refractivity contribution >= 4 is 21.4 Å². The number of likely N-dealkylation sites (tertiary alicyclic amines) is 1. The summed E-state index contributed by atoms with van der Waals surface area (Å²) in [5.41, 5.74) is 0.512. The molecule has 1 unspecified atom stereocenters. The molecule has 1 aliphatic rings. The molecule has 0 spiro atoms. The molecule has 7 heteroatoms. The van der Waals surface area contributed by atoms with Crippen LogP contribution < -0.4 is 4.74 Å². The molecule has 160 valence electrons. The van der Waals surface area contributed by atoms with E-state index in [9.17, 15) is 17.6 Å². The van der Waals surface area contributed by atoms with Crippen molar-refractivity contribution in [1.29, 1.82) is 0 Å². The molecular formula is C23H23F4NOS. The molecule has 2 heterocycles. The molecule has 4 rings (SSSR count). The molecule has 3 aromatic rings. The van der Waals surface area contributed by atoms with Gasteiger partial charge in [0.05, 0.1) is 12.2 Å². The third-order valence-corrected chi connectivity index (χ3v) is 6.75. The predicted octanol–water partition coefficient (Wildman–Crippen LogP) is 6.67. The van der Waals surface area contributed by atoms with E-state index in [1.807, 2.05) is 6.92 Å². The van der Waals surface area contributed by atoms with E-state index in [2.05, 4.69) is 4.90 Å². The van der Waals surface area contributed by atoms with Crippen LogP contribution in [0.5, 0.6) is 5.75 Å². The van der Waals surface area contributed by atoms with Gasteiger partial charge in [-0.2, -0.15) is 13.2 Å². The van der Waals surface area contributed by atoms with Gasteiger partial charge < -0.3 is 4.74 Å². The maximum atomic E-state index is 13.7. The third kappa shape index (κ3) is 4.62. The molecule has 30 heavy (non-hydrogen) atoms. The Bertz CT molecular complexity index is 1010. The highest BCUT2D eigenvalue weighted by molar-refractivity contribution is 7.19. The van der Waals surface area contributed by atoms with Crippen LogP contribution in [-0.4, -0.2) is 24.1 Å². The standard InChI is InChI=1S/C23H23F4NOS/c1-15-10-11-28(15)14-21-22(23(25,26)27)19-9-8-18(13-20(19)30-21)29-12-2-3-16-4-6-17(24)7-5-16/h4-9,13,15H,2-3,10-12,14H2,1H3. The SMILES string of the molecule is CC1CCN1Cc1sc2cc(OCCCc3ccc(F)cc3)ccc2c1C(F)(F)F. The molecule has 0 N–H and O–H groups in total. The van der Waals surface area contributed by atoms with Gasteiger partial charge in [0.25, 0.3) is 0 Å². The summed E-state index contributed by atoms with van der Waals surface area (Å²) in [5.74, 6) is 0.306. The average Bonchev–Trinajstić information content (AvgIpc) is 3.07. The summed E-state index contributed by atoms with van der Waals surface area (Å²) in [7, 11) is 0. The first-order valence-corrected chi connectivity index (χ1v) is 10.9. The Morgan fingerprint density at radius 2 is 1.90 bits per heavy atom. The monoisotopic (exact) mass is 437 g/mol. The summed E-state index contributed by atoms with van der Waals surface area (Å²) >= 11 is 1.20. The Labute approximate surface area is 177 Å². The molecule has 0 radical (unpaired) electrons. The Balaban J connectivity index is 1.45. The van der Waals surface area contributed by atoms with E-state index in [0.29, 0.717) is 34.5 Å². The first-order valence-electron chi connectivity index (χ1n) is 10.0. The van der Waals surface area contributed by atoms with E-state index in [-0.39, 0.29) is 11.2 Å². The van der Waals surface area contributed by atoms with Crippen molar-refractivity contribution in [1.82, 2.24) is 4.90 Å². The zero-order valence-corrected chi connectivity index (χ0v) is 17.5. The lowest BCUT2D eigenvalue weighted by atomic mass is 10.0. The summed E-state index contributed by atoms with van der Waals surface area (Å²) < 4.78 is 60.6. The van der Waals surface area contributed by atoms with E-state index in [0.717, 1.165) is 31.4 Å². The van der Waals surface area contributed by atoms with Gasteiger partial charge in [0.2, 0.25) is 0 Å². The van der Waals surface area contributed by atoms with Crippen molar-refractivity contribution in [3.63, 3.8) is 0 Å². The molecule has 1 aliphatic heterocycles. The van der Waals surface area contributed by atoms with Crippen molar-refractivity contribution in [2.24, 2.45) is 0 Å². The van der Waals surface area contributed by atoms with Crippen LogP contribution in [-0.2, 0) is 19.1 Å². The molecule has 2 aromatic carbocycles. The minimum absolute atomic E-state index is 0.245. The number of halogens is 4. The van der Waals surface area contributed by atoms with E-state index in [4.69, 9.17) is 4.74 Å². The van der Waals surface area contributed by atoms with Crippen LogP contribution in [0.1, 0.15) is 35.8 Å². The van der Waals surface area contributed by atoms with Gasteiger partial charge in [-0.1, -0.05) is 12.1 Å². The van der Waals surface area contributed by atoms with E-state index in [1.54, 1.807) is 24.3 Å². The van der Waals surface area contributed by atoms with Crippen molar-refractivity contribution in [3.8, 4) is 5.75 Å². The number of thiophene rings is 1. The number of ether oxygens (including phenoxy) is 1. The molecule has 0 aliphatic carbocycles. The largest absolute Gasteiger partial charge is 0.494 e. The number of hydrogen-bond acceptors (Lipinski definition) is 3. The number of rotatable bonds is 7. The van der Waals surface area contributed by atoms with E-state index in [1.165, 1.54) is 29.5 Å². The average molecular weight is 438 g/mol. The van der Waals surface area contributed by atoms with E-state index >= 15 is 0 Å². The highest BCUT2D eigenvalue weighted by Gasteiger charge is 2.38. The van der Waals surface area contributed by atoms with E-state index < -0.39 is 11.7 Å². The topological polar surface area (TPSA) is 12.5 Å². The van der Waals surface area contributed by atoms with Gasteiger partial charge in [-0.05, 0) is 62.1 Å². The third-order valence-electron chi connectivity index (χ3n) is 5.61. The lowest BCUT2D eigenvalue weighted by molar-refractivity contribution is -0.137. The van der Waals surface area contributed by atoms with Gasteiger partial charge in [-0.3, -0.25) is 4.90 Å². The van der Waals surface area contributed by atoms with Crippen molar-refractivity contribution < 1.29 is 22.3 Å². The molecule has 0 bridgehead atoms. The molecule has 1 aromatic heterocycles. The number of alkyl halides is 3. The zero-order chi connectivity index (χ0) is 21.3. The number of aryl methyl sites for hydroxylation is 1. The zero-order valence-electron chi connectivity index (χ0n) is 16.6. The van der Waals surface area contributed by atoms with Crippen molar-refractivity contribution in [2.45, 2.75) is 44.9 Å². The smallest absolute Gasteiger partial charge is 0.418 e. The van der Waals surface area contributed by atoms with Gasteiger partial charge in [0.1, 0.15) is 11.6 Å². The van der Waals surface area contributed by atoms with Crippen LogP contribution in [0.2, 0.25) is 0 Å². The summed E-state index contributed by atoms with van der Waals surface area (Å²) in [6.07, 6.45) is -1.86. The van der Waals surface area contributed by atoms with Gasteiger partial charge in [-0.15, -0.1) is 11.3 Å². The van der Waals surface area contributed by atoms with Gasteiger partial charge in [0.15, 0.2) is 0 Å². The molecule has 0 saturated carbocycles. The maximum Gasteiger partial charge on any atom is 0.418 e. The van der Waals surface area contributed by atoms with Gasteiger partial charge in [-0.25, -0.2) is 4.39 Å². The highest BCUT2D eigenvalue weighted by atomic mass is 32.1. The molecule has 1 atom stereocenters. The molecular weight excluding hydrogens is 414 g/mol. The van der Waals surface area contributed by atoms with Crippen LogP contribution in [0.25, 0.3) is 10.1 Å². The fourth-order valence-corrected chi connectivity index (χ4v) is 5.02. The van der Waals surface area contributed by atoms with Crippen LogP contribution in [0.3, 0.4) is 0 Å². The van der Waals surface area contributed by atoms with Crippen LogP contribution in [0.15, 0.2) is 42.5 Å². The quantitative estimate of drug-likeness (QED) is 0.303. The lowest BCUT2D eigenvalue weighted by Gasteiger charge is -2.38. The second-order valence-electron chi connectivity index (χ2n) is 7.74. The molecule has 1 saturated heterocycles.